The molecule has 4 rings (SSSR count). The molecule has 1 saturated heterocycles. The van der Waals surface area contributed by atoms with E-state index in [0.29, 0.717) is 37.7 Å². The van der Waals surface area contributed by atoms with E-state index in [1.807, 2.05) is 43.3 Å². The Morgan fingerprint density at radius 1 is 1.28 bits per heavy atom. The lowest BCUT2D eigenvalue weighted by atomic mass is 10.1. The molecular weight excluding hydrogens is 318 g/mol. The lowest BCUT2D eigenvalue weighted by Gasteiger charge is -2.33. The maximum atomic E-state index is 12.9. The second-order valence-electron chi connectivity index (χ2n) is 6.16. The van der Waals surface area contributed by atoms with Crippen molar-refractivity contribution in [3.8, 4) is 5.75 Å². The monoisotopic (exact) mass is 337 g/mol. The number of para-hydroxylation sites is 1. The van der Waals surface area contributed by atoms with E-state index in [-0.39, 0.29) is 12.0 Å². The van der Waals surface area contributed by atoms with E-state index >= 15 is 0 Å². The molecule has 6 heteroatoms. The molecule has 0 N–H and O–H groups in total. The molecule has 3 heterocycles. The van der Waals surface area contributed by atoms with Crippen LogP contribution in [0.5, 0.6) is 5.75 Å². The van der Waals surface area contributed by atoms with Crippen LogP contribution in [-0.2, 0) is 9.53 Å². The minimum Gasteiger partial charge on any atom is -0.488 e. The lowest BCUT2D eigenvalue weighted by Crippen LogP contribution is -2.44. The number of amides is 1. The molecule has 0 aliphatic carbocycles. The van der Waals surface area contributed by atoms with Gasteiger partial charge in [-0.15, -0.1) is 0 Å². The Labute approximate surface area is 146 Å². The van der Waals surface area contributed by atoms with Crippen LogP contribution in [0.1, 0.15) is 23.2 Å². The lowest BCUT2D eigenvalue weighted by molar-refractivity contribution is -0.135. The zero-order chi connectivity index (χ0) is 17.2. The summed E-state index contributed by atoms with van der Waals surface area (Å²) in [6.45, 7) is 3.68. The average Bonchev–Trinajstić information content (AvgIpc) is 2.67. The Kier molecular flexibility index (Phi) is 4.19. The van der Waals surface area contributed by atoms with Gasteiger partial charge in [-0.1, -0.05) is 18.2 Å². The fourth-order valence-corrected chi connectivity index (χ4v) is 3.06. The number of aromatic nitrogens is 2. The molecule has 0 bridgehead atoms. The second-order valence-corrected chi connectivity index (χ2v) is 6.16. The molecule has 1 fully saturated rings. The Bertz CT molecular complexity index is 834. The van der Waals surface area contributed by atoms with Gasteiger partial charge in [-0.25, -0.2) is 9.97 Å². The topological polar surface area (TPSA) is 64.6 Å². The highest BCUT2D eigenvalue weighted by atomic mass is 16.5. The summed E-state index contributed by atoms with van der Waals surface area (Å²) in [5.41, 5.74) is 2.48. The predicted octanol–water partition coefficient (Wildman–Crippen LogP) is 2.16. The molecule has 128 valence electrons. The molecule has 2 aromatic rings. The minimum absolute atomic E-state index is 0.0181. The SMILES string of the molecule is Cc1ccnc(C2CN(C(=O)C3=Cc4ccccc4OC3)CCO2)n1. The van der Waals surface area contributed by atoms with E-state index in [1.54, 1.807) is 11.1 Å². The molecule has 1 amide bonds. The number of nitrogens with zero attached hydrogens (tertiary/aromatic N) is 3. The molecule has 6 nitrogen and oxygen atoms in total. The maximum Gasteiger partial charge on any atom is 0.253 e. The summed E-state index contributed by atoms with van der Waals surface area (Å²) in [6.07, 6.45) is 3.33. The van der Waals surface area contributed by atoms with E-state index in [9.17, 15) is 4.79 Å². The molecule has 0 radical (unpaired) electrons. The van der Waals surface area contributed by atoms with Crippen LogP contribution in [-0.4, -0.2) is 47.1 Å². The van der Waals surface area contributed by atoms with Crippen LogP contribution in [0.2, 0.25) is 0 Å². The van der Waals surface area contributed by atoms with Crippen LogP contribution in [0.25, 0.3) is 6.08 Å². The first kappa shape index (κ1) is 15.8. The third-order valence-corrected chi connectivity index (χ3v) is 4.36. The van der Waals surface area contributed by atoms with Crippen LogP contribution < -0.4 is 4.74 Å². The van der Waals surface area contributed by atoms with Crippen molar-refractivity contribution in [3.05, 3.63) is 59.2 Å². The van der Waals surface area contributed by atoms with E-state index in [4.69, 9.17) is 9.47 Å². The van der Waals surface area contributed by atoms with Crippen molar-refractivity contribution < 1.29 is 14.3 Å². The predicted molar refractivity (Wildman–Crippen MR) is 92.0 cm³/mol. The highest BCUT2D eigenvalue weighted by molar-refractivity contribution is 5.99. The van der Waals surface area contributed by atoms with Crippen LogP contribution in [0, 0.1) is 6.92 Å². The zero-order valence-electron chi connectivity index (χ0n) is 14.0. The van der Waals surface area contributed by atoms with Crippen LogP contribution in [0.15, 0.2) is 42.1 Å². The van der Waals surface area contributed by atoms with Gasteiger partial charge in [0.05, 0.1) is 18.7 Å². The smallest absolute Gasteiger partial charge is 0.253 e. The van der Waals surface area contributed by atoms with Crippen LogP contribution in [0.4, 0.5) is 0 Å². The second kappa shape index (κ2) is 6.64. The number of benzene rings is 1. The van der Waals surface area contributed by atoms with Gasteiger partial charge in [0.15, 0.2) is 5.82 Å². The van der Waals surface area contributed by atoms with Crippen molar-refractivity contribution in [1.29, 1.82) is 0 Å². The molecule has 2 aliphatic rings. The van der Waals surface area contributed by atoms with Crippen molar-refractivity contribution in [1.82, 2.24) is 14.9 Å². The number of fused-ring (bicyclic) bond motifs is 1. The normalized spacial score (nSPS) is 19.6. The standard InChI is InChI=1S/C19H19N3O3/c1-13-6-7-20-18(21-13)17-11-22(8-9-24-17)19(23)15-10-14-4-2-3-5-16(14)25-12-15/h2-7,10,17H,8-9,11-12H2,1H3. The van der Waals surface area contributed by atoms with Gasteiger partial charge in [-0.3, -0.25) is 4.79 Å². The molecular formula is C19H19N3O3. The molecule has 1 atom stereocenters. The van der Waals surface area contributed by atoms with Gasteiger partial charge in [0, 0.05) is 24.0 Å². The molecule has 1 aromatic heterocycles. The fourth-order valence-electron chi connectivity index (χ4n) is 3.06. The number of aryl methyl sites for hydroxylation is 1. The quantitative estimate of drug-likeness (QED) is 0.840. The number of ether oxygens (including phenoxy) is 2. The largest absolute Gasteiger partial charge is 0.488 e. The first-order chi connectivity index (χ1) is 12.2. The molecule has 2 aliphatic heterocycles. The molecule has 25 heavy (non-hydrogen) atoms. The van der Waals surface area contributed by atoms with Gasteiger partial charge in [-0.05, 0) is 25.1 Å². The van der Waals surface area contributed by atoms with Crippen molar-refractivity contribution >= 4 is 12.0 Å². The zero-order valence-corrected chi connectivity index (χ0v) is 14.0. The minimum atomic E-state index is -0.296. The van der Waals surface area contributed by atoms with Gasteiger partial charge in [0.2, 0.25) is 0 Å². The van der Waals surface area contributed by atoms with Crippen molar-refractivity contribution in [2.45, 2.75) is 13.0 Å². The van der Waals surface area contributed by atoms with Crippen molar-refractivity contribution in [3.63, 3.8) is 0 Å². The summed E-state index contributed by atoms with van der Waals surface area (Å²) < 4.78 is 11.5. The molecule has 0 spiro atoms. The first-order valence-corrected chi connectivity index (χ1v) is 8.33. The Morgan fingerprint density at radius 3 is 3.04 bits per heavy atom. The number of carbonyl (C=O) groups is 1. The summed E-state index contributed by atoms with van der Waals surface area (Å²) in [6, 6.07) is 9.56. The number of rotatable bonds is 2. The Hall–Kier alpha value is -2.73. The average molecular weight is 337 g/mol. The number of carbonyl (C=O) groups excluding carboxylic acids is 1. The van der Waals surface area contributed by atoms with Gasteiger partial charge in [-0.2, -0.15) is 0 Å². The first-order valence-electron chi connectivity index (χ1n) is 8.33. The van der Waals surface area contributed by atoms with Gasteiger partial charge >= 0.3 is 0 Å². The fraction of sp³-hybridized carbons (Fsp3) is 0.316. The Morgan fingerprint density at radius 2 is 2.16 bits per heavy atom. The summed E-state index contributed by atoms with van der Waals surface area (Å²) >= 11 is 0. The van der Waals surface area contributed by atoms with Crippen LogP contribution >= 0.6 is 0 Å². The number of morpholine rings is 1. The van der Waals surface area contributed by atoms with Crippen molar-refractivity contribution in [2.24, 2.45) is 0 Å². The van der Waals surface area contributed by atoms with Gasteiger partial charge in [0.25, 0.3) is 5.91 Å². The summed E-state index contributed by atoms with van der Waals surface area (Å²) in [4.78, 5) is 23.4. The third kappa shape index (κ3) is 3.25. The third-order valence-electron chi connectivity index (χ3n) is 4.36. The number of hydrogen-bond donors (Lipinski definition) is 0. The van der Waals surface area contributed by atoms with Crippen molar-refractivity contribution in [2.75, 3.05) is 26.3 Å². The van der Waals surface area contributed by atoms with Gasteiger partial charge in [0.1, 0.15) is 18.5 Å². The molecule has 1 unspecified atom stereocenters. The summed E-state index contributed by atoms with van der Waals surface area (Å²) in [5.74, 6) is 1.42. The highest BCUT2D eigenvalue weighted by Crippen LogP contribution is 2.27. The van der Waals surface area contributed by atoms with E-state index < -0.39 is 0 Å². The maximum absolute atomic E-state index is 12.9. The molecule has 1 aromatic carbocycles. The van der Waals surface area contributed by atoms with E-state index in [0.717, 1.165) is 17.0 Å². The molecule has 0 saturated carbocycles. The summed E-state index contributed by atoms with van der Waals surface area (Å²) in [7, 11) is 0. The highest BCUT2D eigenvalue weighted by Gasteiger charge is 2.29. The van der Waals surface area contributed by atoms with E-state index in [1.165, 1.54) is 0 Å². The number of hydrogen-bond acceptors (Lipinski definition) is 5. The Balaban J connectivity index is 1.52. The summed E-state index contributed by atoms with van der Waals surface area (Å²) in [5, 5.41) is 0. The van der Waals surface area contributed by atoms with Gasteiger partial charge < -0.3 is 14.4 Å². The van der Waals surface area contributed by atoms with E-state index in [2.05, 4.69) is 9.97 Å². The van der Waals surface area contributed by atoms with Crippen LogP contribution in [0.3, 0.4) is 0 Å².